The van der Waals surface area contributed by atoms with E-state index in [0.717, 1.165) is 35.4 Å². The first-order valence-corrected chi connectivity index (χ1v) is 11.5. The molecule has 1 amide bonds. The van der Waals surface area contributed by atoms with E-state index in [9.17, 15) is 35.9 Å². The van der Waals surface area contributed by atoms with Crippen LogP contribution in [0.5, 0.6) is 0 Å². The summed E-state index contributed by atoms with van der Waals surface area (Å²) in [7, 11) is -4.13. The quantitative estimate of drug-likeness (QED) is 0.493. The lowest BCUT2D eigenvalue weighted by Crippen LogP contribution is -2.47. The Morgan fingerprint density at radius 1 is 1.16 bits per heavy atom. The predicted molar refractivity (Wildman–Crippen MR) is 107 cm³/mol. The molecule has 11 heteroatoms. The van der Waals surface area contributed by atoms with Gasteiger partial charge in [0.1, 0.15) is 11.9 Å². The summed E-state index contributed by atoms with van der Waals surface area (Å²) in [5, 5.41) is 9.56. The van der Waals surface area contributed by atoms with Crippen LogP contribution in [0.2, 0.25) is 0 Å². The summed E-state index contributed by atoms with van der Waals surface area (Å²) in [6.45, 7) is 0.127. The molecular weight excluding hydrogens is 454 g/mol. The third-order valence-corrected chi connectivity index (χ3v) is 5.91. The van der Waals surface area contributed by atoms with E-state index in [1.807, 2.05) is 0 Å². The Morgan fingerprint density at radius 3 is 2.38 bits per heavy atom. The molecule has 1 aliphatic heterocycles. The maximum Gasteiger partial charge on any atom is 0.416 e. The van der Waals surface area contributed by atoms with Crippen molar-refractivity contribution in [3.8, 4) is 0 Å². The van der Waals surface area contributed by atoms with E-state index in [0.29, 0.717) is 6.42 Å². The molecule has 3 rings (SSSR count). The number of carboxylic acid groups (broad SMARTS) is 1. The van der Waals surface area contributed by atoms with Crippen LogP contribution in [0.25, 0.3) is 0 Å². The minimum absolute atomic E-state index is 0.0670. The lowest BCUT2D eigenvalue weighted by atomic mass is 9.82. The average Bonchev–Trinajstić information content (AvgIpc) is 3.18. The highest BCUT2D eigenvalue weighted by Gasteiger charge is 2.43. The number of halogens is 4. The zero-order chi connectivity index (χ0) is 23.7. The van der Waals surface area contributed by atoms with Gasteiger partial charge in [-0.05, 0) is 42.2 Å². The van der Waals surface area contributed by atoms with Gasteiger partial charge < -0.3 is 10.0 Å². The molecule has 1 fully saturated rings. The maximum absolute atomic E-state index is 13.6. The summed E-state index contributed by atoms with van der Waals surface area (Å²) in [6.07, 6.45) is -5.85. The van der Waals surface area contributed by atoms with Gasteiger partial charge in [-0.2, -0.15) is 21.6 Å². The van der Waals surface area contributed by atoms with Crippen LogP contribution >= 0.6 is 0 Å². The average molecular weight is 475 g/mol. The SMILES string of the molecule is CS(=O)(=O)O[C@H]([C@@H](c1ccc(F)cc1)c1cccc(C(F)(F)F)c1)[C@H]1CCCN1C(=O)O. The number of rotatable bonds is 6. The summed E-state index contributed by atoms with van der Waals surface area (Å²) in [5.74, 6) is -1.71. The molecular formula is C21H21F4NO5S. The van der Waals surface area contributed by atoms with Gasteiger partial charge in [0.2, 0.25) is 0 Å². The molecule has 0 radical (unpaired) electrons. The van der Waals surface area contributed by atoms with Crippen LogP contribution in [0.4, 0.5) is 22.4 Å². The summed E-state index contributed by atoms with van der Waals surface area (Å²) in [5.41, 5.74) is -0.601. The summed E-state index contributed by atoms with van der Waals surface area (Å²) >= 11 is 0. The standard InChI is InChI=1S/C21H21F4NO5S/c1-32(29,30)31-19(17-6-3-11-26(17)20(27)28)18(13-7-9-16(22)10-8-13)14-4-2-5-15(12-14)21(23,24)25/h2,4-5,7-10,12,17-19H,3,6,11H2,1H3,(H,27,28)/t17-,18+,19+/m1/s1. The number of likely N-dealkylation sites (tertiary alicyclic amines) is 1. The number of benzene rings is 2. The molecule has 0 aromatic heterocycles. The van der Waals surface area contributed by atoms with Crippen molar-refractivity contribution >= 4 is 16.2 Å². The monoisotopic (exact) mass is 475 g/mol. The summed E-state index contributed by atoms with van der Waals surface area (Å²) in [6, 6.07) is 8.18. The highest BCUT2D eigenvalue weighted by atomic mass is 32.2. The van der Waals surface area contributed by atoms with Crippen molar-refractivity contribution in [2.24, 2.45) is 0 Å². The van der Waals surface area contributed by atoms with Crippen molar-refractivity contribution in [2.45, 2.75) is 37.1 Å². The number of hydrogen-bond acceptors (Lipinski definition) is 4. The molecule has 2 aromatic rings. The van der Waals surface area contributed by atoms with Gasteiger partial charge in [0.25, 0.3) is 10.1 Å². The van der Waals surface area contributed by atoms with Gasteiger partial charge in [0.15, 0.2) is 0 Å². The first-order chi connectivity index (χ1) is 14.9. The topological polar surface area (TPSA) is 83.9 Å². The Labute approximate surface area is 182 Å². The largest absolute Gasteiger partial charge is 0.465 e. The van der Waals surface area contributed by atoms with Gasteiger partial charge in [0, 0.05) is 12.5 Å². The van der Waals surface area contributed by atoms with Crippen molar-refractivity contribution in [1.29, 1.82) is 0 Å². The minimum atomic E-state index is -4.66. The fourth-order valence-corrected chi connectivity index (χ4v) is 4.71. The fourth-order valence-electron chi connectivity index (χ4n) is 4.07. The fraction of sp³-hybridized carbons (Fsp3) is 0.381. The normalized spacial score (nSPS) is 19.0. The summed E-state index contributed by atoms with van der Waals surface area (Å²) in [4.78, 5) is 12.8. The smallest absolute Gasteiger partial charge is 0.416 e. The summed E-state index contributed by atoms with van der Waals surface area (Å²) < 4.78 is 83.2. The van der Waals surface area contributed by atoms with Crippen molar-refractivity contribution in [2.75, 3.05) is 12.8 Å². The molecule has 0 spiro atoms. The Balaban J connectivity index is 2.20. The Hall–Kier alpha value is -2.66. The number of amides is 1. The van der Waals surface area contributed by atoms with Crippen molar-refractivity contribution in [1.82, 2.24) is 4.90 Å². The van der Waals surface area contributed by atoms with E-state index in [-0.39, 0.29) is 24.1 Å². The zero-order valence-corrected chi connectivity index (χ0v) is 17.7. The molecule has 0 bridgehead atoms. The lowest BCUT2D eigenvalue weighted by Gasteiger charge is -2.35. The lowest BCUT2D eigenvalue weighted by molar-refractivity contribution is -0.137. The van der Waals surface area contributed by atoms with Crippen LogP contribution < -0.4 is 0 Å². The first-order valence-electron chi connectivity index (χ1n) is 9.67. The molecule has 32 heavy (non-hydrogen) atoms. The van der Waals surface area contributed by atoms with E-state index < -0.39 is 51.8 Å². The number of hydrogen-bond donors (Lipinski definition) is 1. The Bertz CT molecular complexity index is 1070. The maximum atomic E-state index is 13.6. The Kier molecular flexibility index (Phi) is 6.80. The number of carbonyl (C=O) groups is 1. The molecule has 6 nitrogen and oxygen atoms in total. The third-order valence-electron chi connectivity index (χ3n) is 5.34. The van der Waals surface area contributed by atoms with Gasteiger partial charge in [-0.15, -0.1) is 0 Å². The van der Waals surface area contributed by atoms with Crippen LogP contribution in [0.1, 0.15) is 35.4 Å². The second-order valence-electron chi connectivity index (χ2n) is 7.60. The highest BCUT2D eigenvalue weighted by molar-refractivity contribution is 7.86. The minimum Gasteiger partial charge on any atom is -0.465 e. The molecule has 1 saturated heterocycles. The van der Waals surface area contributed by atoms with E-state index in [1.165, 1.54) is 24.3 Å². The molecule has 1 aliphatic rings. The van der Waals surface area contributed by atoms with Gasteiger partial charge >= 0.3 is 12.3 Å². The van der Waals surface area contributed by atoms with E-state index >= 15 is 0 Å². The number of nitrogens with zero attached hydrogens (tertiary/aromatic N) is 1. The molecule has 0 unspecified atom stereocenters. The van der Waals surface area contributed by atoms with E-state index in [2.05, 4.69) is 0 Å². The van der Waals surface area contributed by atoms with Crippen LogP contribution in [0.3, 0.4) is 0 Å². The molecule has 174 valence electrons. The first kappa shape index (κ1) is 24.0. The zero-order valence-electron chi connectivity index (χ0n) is 16.9. The van der Waals surface area contributed by atoms with Gasteiger partial charge in [-0.3, -0.25) is 4.18 Å². The van der Waals surface area contributed by atoms with Crippen molar-refractivity contribution in [3.63, 3.8) is 0 Å². The van der Waals surface area contributed by atoms with Crippen LogP contribution in [-0.4, -0.2) is 49.5 Å². The van der Waals surface area contributed by atoms with Crippen molar-refractivity contribution in [3.05, 3.63) is 71.0 Å². The molecule has 3 atom stereocenters. The third kappa shape index (κ3) is 5.57. The van der Waals surface area contributed by atoms with Crippen LogP contribution in [0, 0.1) is 5.82 Å². The second-order valence-corrected chi connectivity index (χ2v) is 9.20. The second kappa shape index (κ2) is 9.07. The molecule has 0 saturated carbocycles. The van der Waals surface area contributed by atoms with Gasteiger partial charge in [-0.1, -0.05) is 30.3 Å². The van der Waals surface area contributed by atoms with Crippen LogP contribution in [-0.2, 0) is 20.5 Å². The molecule has 1 heterocycles. The molecule has 1 N–H and O–H groups in total. The van der Waals surface area contributed by atoms with Gasteiger partial charge in [0.05, 0.1) is 17.9 Å². The van der Waals surface area contributed by atoms with E-state index in [1.54, 1.807) is 0 Å². The number of alkyl halides is 3. The van der Waals surface area contributed by atoms with E-state index in [4.69, 9.17) is 4.18 Å². The molecule has 0 aliphatic carbocycles. The van der Waals surface area contributed by atoms with Crippen LogP contribution in [0.15, 0.2) is 48.5 Å². The van der Waals surface area contributed by atoms with Gasteiger partial charge in [-0.25, -0.2) is 9.18 Å². The Morgan fingerprint density at radius 2 is 1.81 bits per heavy atom. The predicted octanol–water partition coefficient (Wildman–Crippen LogP) is 4.46. The highest BCUT2D eigenvalue weighted by Crippen LogP contribution is 2.39. The molecule has 2 aromatic carbocycles. The van der Waals surface area contributed by atoms with Crippen molar-refractivity contribution < 1.29 is 40.1 Å².